The smallest absolute Gasteiger partial charge is 0.243 e. The van der Waals surface area contributed by atoms with E-state index in [9.17, 15) is 12.8 Å². The van der Waals surface area contributed by atoms with Crippen molar-refractivity contribution in [2.75, 3.05) is 23.7 Å². The highest BCUT2D eigenvalue weighted by Crippen LogP contribution is 2.23. The number of benzene rings is 2. The third kappa shape index (κ3) is 4.52. The molecule has 0 unspecified atom stereocenters. The van der Waals surface area contributed by atoms with Gasteiger partial charge >= 0.3 is 0 Å². The van der Waals surface area contributed by atoms with E-state index in [2.05, 4.69) is 20.6 Å². The van der Waals surface area contributed by atoms with Gasteiger partial charge in [0, 0.05) is 30.7 Å². The summed E-state index contributed by atoms with van der Waals surface area (Å²) in [6, 6.07) is 14.2. The molecule has 29 heavy (non-hydrogen) atoms. The number of nitrogens with zero attached hydrogens (tertiary/aromatic N) is 3. The molecule has 7 nitrogen and oxygen atoms in total. The van der Waals surface area contributed by atoms with Gasteiger partial charge in [0.2, 0.25) is 16.0 Å². The fraction of sp³-hybridized carbons (Fsp3) is 0.200. The zero-order valence-electron chi connectivity index (χ0n) is 15.5. The Morgan fingerprint density at radius 1 is 0.862 bits per heavy atom. The van der Waals surface area contributed by atoms with Gasteiger partial charge in [0.25, 0.3) is 0 Å². The molecule has 0 bridgehead atoms. The van der Waals surface area contributed by atoms with Crippen LogP contribution in [0.4, 0.5) is 27.5 Å². The van der Waals surface area contributed by atoms with Crippen LogP contribution in [0.5, 0.6) is 0 Å². The largest absolute Gasteiger partial charge is 0.340 e. The van der Waals surface area contributed by atoms with Gasteiger partial charge in [0.15, 0.2) is 0 Å². The molecule has 0 radical (unpaired) electrons. The van der Waals surface area contributed by atoms with Crippen molar-refractivity contribution < 1.29 is 12.8 Å². The maximum absolute atomic E-state index is 13.0. The number of rotatable bonds is 6. The quantitative estimate of drug-likeness (QED) is 0.638. The van der Waals surface area contributed by atoms with E-state index in [0.29, 0.717) is 36.2 Å². The van der Waals surface area contributed by atoms with E-state index in [4.69, 9.17) is 0 Å². The predicted molar refractivity (Wildman–Crippen MR) is 109 cm³/mol. The second kappa shape index (κ2) is 8.14. The van der Waals surface area contributed by atoms with Crippen molar-refractivity contribution >= 4 is 33.2 Å². The molecule has 1 fully saturated rings. The number of halogens is 1. The highest BCUT2D eigenvalue weighted by atomic mass is 32.2. The van der Waals surface area contributed by atoms with Crippen molar-refractivity contribution in [3.63, 3.8) is 0 Å². The van der Waals surface area contributed by atoms with Crippen LogP contribution in [0.25, 0.3) is 0 Å². The first-order valence-electron chi connectivity index (χ1n) is 9.24. The Hall–Kier alpha value is -3.04. The maximum Gasteiger partial charge on any atom is 0.243 e. The van der Waals surface area contributed by atoms with E-state index >= 15 is 0 Å². The molecule has 0 aliphatic carbocycles. The second-order valence-corrected chi connectivity index (χ2v) is 8.60. The van der Waals surface area contributed by atoms with E-state index in [1.165, 1.54) is 16.4 Å². The summed E-state index contributed by atoms with van der Waals surface area (Å²) in [6.45, 7) is 1.15. The molecule has 3 aromatic rings. The summed E-state index contributed by atoms with van der Waals surface area (Å²) in [4.78, 5) is 8.82. The first kappa shape index (κ1) is 19.3. The summed E-state index contributed by atoms with van der Waals surface area (Å²) in [7, 11) is -3.44. The summed E-state index contributed by atoms with van der Waals surface area (Å²) in [5.41, 5.74) is 1.37. The van der Waals surface area contributed by atoms with Crippen LogP contribution in [-0.4, -0.2) is 35.8 Å². The first-order chi connectivity index (χ1) is 14.0. The molecule has 0 saturated carbocycles. The molecule has 4 rings (SSSR count). The van der Waals surface area contributed by atoms with Crippen molar-refractivity contribution in [2.45, 2.75) is 17.7 Å². The highest BCUT2D eigenvalue weighted by Gasteiger charge is 2.26. The van der Waals surface area contributed by atoms with Crippen molar-refractivity contribution in [2.24, 2.45) is 0 Å². The number of anilines is 4. The van der Waals surface area contributed by atoms with E-state index in [1.54, 1.807) is 48.7 Å². The molecule has 0 spiro atoms. The number of sulfonamides is 1. The van der Waals surface area contributed by atoms with Crippen molar-refractivity contribution in [3.05, 3.63) is 66.6 Å². The van der Waals surface area contributed by atoms with Crippen molar-refractivity contribution in [1.29, 1.82) is 0 Å². The van der Waals surface area contributed by atoms with Crippen LogP contribution in [0.2, 0.25) is 0 Å². The fourth-order valence-electron chi connectivity index (χ4n) is 3.09. The van der Waals surface area contributed by atoms with Crippen LogP contribution in [-0.2, 0) is 10.0 Å². The van der Waals surface area contributed by atoms with Crippen molar-refractivity contribution in [3.8, 4) is 0 Å². The van der Waals surface area contributed by atoms with Gasteiger partial charge in [-0.3, -0.25) is 0 Å². The molecule has 2 heterocycles. The summed E-state index contributed by atoms with van der Waals surface area (Å²) in [5, 5.41) is 6.13. The molecule has 2 N–H and O–H groups in total. The molecule has 1 aliphatic heterocycles. The number of hydrogen-bond acceptors (Lipinski definition) is 6. The van der Waals surface area contributed by atoms with Gasteiger partial charge in [-0.2, -0.15) is 9.29 Å². The Balaban J connectivity index is 1.46. The lowest BCUT2D eigenvalue weighted by Gasteiger charge is -2.15. The Morgan fingerprint density at radius 2 is 1.48 bits per heavy atom. The van der Waals surface area contributed by atoms with E-state index in [0.717, 1.165) is 12.8 Å². The van der Waals surface area contributed by atoms with Crippen LogP contribution in [0.1, 0.15) is 12.8 Å². The van der Waals surface area contributed by atoms with Crippen LogP contribution in [0.3, 0.4) is 0 Å². The maximum atomic E-state index is 13.0. The standard InChI is InChI=1S/C20H20FN5O2S/c21-15-3-5-16(6-4-15)23-19-11-12-22-20(25-19)24-17-7-9-18(10-8-17)29(27,28)26-13-1-2-14-26/h3-12H,1-2,13-14H2,(H2,22,23,24,25). The minimum Gasteiger partial charge on any atom is -0.340 e. The zero-order valence-corrected chi connectivity index (χ0v) is 16.4. The second-order valence-electron chi connectivity index (χ2n) is 6.66. The minimum atomic E-state index is -3.44. The first-order valence-corrected chi connectivity index (χ1v) is 10.7. The molecule has 0 amide bonds. The SMILES string of the molecule is O=S(=O)(c1ccc(Nc2nccc(Nc3ccc(F)cc3)n2)cc1)N1CCCC1. The van der Waals surface area contributed by atoms with Crippen LogP contribution >= 0.6 is 0 Å². The van der Waals surface area contributed by atoms with Crippen molar-refractivity contribution in [1.82, 2.24) is 14.3 Å². The molecule has 1 saturated heterocycles. The third-order valence-corrected chi connectivity index (χ3v) is 6.50. The van der Waals surface area contributed by atoms with Crippen LogP contribution in [0.15, 0.2) is 65.7 Å². The van der Waals surface area contributed by atoms with Gasteiger partial charge in [-0.25, -0.2) is 17.8 Å². The molecule has 150 valence electrons. The van der Waals surface area contributed by atoms with E-state index in [1.807, 2.05) is 0 Å². The normalized spacial score (nSPS) is 14.7. The van der Waals surface area contributed by atoms with E-state index < -0.39 is 10.0 Å². The molecular weight excluding hydrogens is 393 g/mol. The van der Waals surface area contributed by atoms with Crippen LogP contribution in [0, 0.1) is 5.82 Å². The summed E-state index contributed by atoms with van der Waals surface area (Å²) >= 11 is 0. The monoisotopic (exact) mass is 413 g/mol. The Morgan fingerprint density at radius 3 is 2.17 bits per heavy atom. The lowest BCUT2D eigenvalue weighted by atomic mass is 10.3. The Labute approximate surface area is 168 Å². The number of hydrogen-bond donors (Lipinski definition) is 2. The highest BCUT2D eigenvalue weighted by molar-refractivity contribution is 7.89. The van der Waals surface area contributed by atoms with Gasteiger partial charge in [0.1, 0.15) is 11.6 Å². The third-order valence-electron chi connectivity index (χ3n) is 4.59. The average Bonchev–Trinajstić information content (AvgIpc) is 3.26. The average molecular weight is 413 g/mol. The number of nitrogens with one attached hydrogen (secondary N) is 2. The molecular formula is C20H20FN5O2S. The van der Waals surface area contributed by atoms with Gasteiger partial charge in [-0.15, -0.1) is 0 Å². The Bertz CT molecular complexity index is 1080. The predicted octanol–water partition coefficient (Wildman–Crippen LogP) is 3.89. The number of aromatic nitrogens is 2. The van der Waals surface area contributed by atoms with E-state index in [-0.39, 0.29) is 10.7 Å². The lowest BCUT2D eigenvalue weighted by Crippen LogP contribution is -2.27. The van der Waals surface area contributed by atoms with Gasteiger partial charge in [-0.05, 0) is 67.4 Å². The zero-order chi connectivity index (χ0) is 20.3. The molecule has 0 atom stereocenters. The Kier molecular flexibility index (Phi) is 5.41. The topological polar surface area (TPSA) is 87.2 Å². The van der Waals surface area contributed by atoms with Crippen LogP contribution < -0.4 is 10.6 Å². The molecule has 1 aromatic heterocycles. The summed E-state index contributed by atoms with van der Waals surface area (Å²) in [5.74, 6) is 0.588. The fourth-order valence-corrected chi connectivity index (χ4v) is 4.60. The molecule has 2 aromatic carbocycles. The summed E-state index contributed by atoms with van der Waals surface area (Å²) in [6.07, 6.45) is 3.39. The molecule has 9 heteroatoms. The lowest BCUT2D eigenvalue weighted by molar-refractivity contribution is 0.477. The minimum absolute atomic E-state index is 0.276. The van der Waals surface area contributed by atoms with Gasteiger partial charge in [-0.1, -0.05) is 0 Å². The summed E-state index contributed by atoms with van der Waals surface area (Å²) < 4.78 is 39.7. The van der Waals surface area contributed by atoms with Gasteiger partial charge in [0.05, 0.1) is 4.90 Å². The van der Waals surface area contributed by atoms with Gasteiger partial charge < -0.3 is 10.6 Å². The molecule has 1 aliphatic rings.